The number of aryl methyl sites for hydroxylation is 1. The monoisotopic (exact) mass is 317 g/mol. The molecule has 1 N–H and O–H groups in total. The number of likely N-dealkylation sites (tertiary alicyclic amines) is 1. The first-order chi connectivity index (χ1) is 11.1. The Morgan fingerprint density at radius 2 is 2.09 bits per heavy atom. The first kappa shape index (κ1) is 16.1. The molecule has 1 saturated heterocycles. The average molecular weight is 317 g/mol. The molecule has 1 fully saturated rings. The normalized spacial score (nSPS) is 20.6. The number of aliphatic hydroxyl groups is 1. The molecule has 0 saturated carbocycles. The zero-order valence-electron chi connectivity index (χ0n) is 13.5. The van der Waals surface area contributed by atoms with Crippen molar-refractivity contribution in [2.75, 3.05) is 13.1 Å². The first-order valence-electron chi connectivity index (χ1n) is 8.28. The van der Waals surface area contributed by atoms with Gasteiger partial charge in [-0.15, -0.1) is 0 Å². The fourth-order valence-corrected chi connectivity index (χ4v) is 3.30. The third kappa shape index (κ3) is 4.18. The minimum atomic E-state index is -0.587. The lowest BCUT2D eigenvalue weighted by atomic mass is 10.00. The fourth-order valence-electron chi connectivity index (χ4n) is 3.30. The Morgan fingerprint density at radius 1 is 1.30 bits per heavy atom. The van der Waals surface area contributed by atoms with Crippen LogP contribution in [0.25, 0.3) is 0 Å². The molecule has 23 heavy (non-hydrogen) atoms. The van der Waals surface area contributed by atoms with E-state index in [1.165, 1.54) is 24.1 Å². The second kappa shape index (κ2) is 7.23. The van der Waals surface area contributed by atoms with E-state index in [2.05, 4.69) is 16.2 Å². The zero-order valence-corrected chi connectivity index (χ0v) is 13.5. The van der Waals surface area contributed by atoms with Crippen molar-refractivity contribution in [3.8, 4) is 0 Å². The van der Waals surface area contributed by atoms with Gasteiger partial charge in [-0.1, -0.05) is 18.6 Å². The summed E-state index contributed by atoms with van der Waals surface area (Å²) in [6, 6.07) is 6.52. The molecule has 0 radical (unpaired) electrons. The molecule has 0 amide bonds. The number of aliphatic hydroxyl groups excluding tert-OH is 1. The average Bonchev–Trinajstić information content (AvgIpc) is 2.95. The fraction of sp³-hybridized carbons (Fsp3) is 0.500. The lowest BCUT2D eigenvalue weighted by Crippen LogP contribution is -2.44. The summed E-state index contributed by atoms with van der Waals surface area (Å²) in [5.74, 6) is -0.272. The van der Waals surface area contributed by atoms with Crippen LogP contribution in [-0.2, 0) is 6.54 Å². The van der Waals surface area contributed by atoms with Crippen molar-refractivity contribution in [3.05, 3.63) is 53.6 Å². The number of benzene rings is 1. The zero-order chi connectivity index (χ0) is 16.2. The summed E-state index contributed by atoms with van der Waals surface area (Å²) in [6.07, 6.45) is 6.84. The van der Waals surface area contributed by atoms with Gasteiger partial charge >= 0.3 is 0 Å². The van der Waals surface area contributed by atoms with Crippen molar-refractivity contribution in [2.24, 2.45) is 0 Å². The predicted molar refractivity (Wildman–Crippen MR) is 87.5 cm³/mol. The van der Waals surface area contributed by atoms with Gasteiger partial charge in [0.1, 0.15) is 5.82 Å². The van der Waals surface area contributed by atoms with Gasteiger partial charge in [0.25, 0.3) is 0 Å². The number of hydrogen-bond donors (Lipinski definition) is 1. The topological polar surface area (TPSA) is 41.3 Å². The van der Waals surface area contributed by atoms with Gasteiger partial charge < -0.3 is 5.11 Å². The number of hydrogen-bond acceptors (Lipinski definition) is 3. The van der Waals surface area contributed by atoms with Gasteiger partial charge in [0, 0.05) is 18.8 Å². The maximum absolute atomic E-state index is 13.0. The third-order valence-corrected chi connectivity index (χ3v) is 4.57. The summed E-state index contributed by atoms with van der Waals surface area (Å²) >= 11 is 0. The van der Waals surface area contributed by atoms with E-state index in [4.69, 9.17) is 0 Å². The molecule has 0 unspecified atom stereocenters. The van der Waals surface area contributed by atoms with Gasteiger partial charge in [0.05, 0.1) is 18.8 Å². The van der Waals surface area contributed by atoms with Crippen LogP contribution in [0.1, 0.15) is 36.5 Å². The SMILES string of the molecule is Cc1cnn(C[C@H]2CCCCN2C[C@@H](O)c2ccc(F)cc2)c1. The minimum Gasteiger partial charge on any atom is -0.387 e. The van der Waals surface area contributed by atoms with Crippen LogP contribution >= 0.6 is 0 Å². The third-order valence-electron chi connectivity index (χ3n) is 4.57. The molecule has 1 aliphatic heterocycles. The Kier molecular flexibility index (Phi) is 5.08. The number of halogens is 1. The van der Waals surface area contributed by atoms with Gasteiger partial charge in [0.15, 0.2) is 0 Å². The first-order valence-corrected chi connectivity index (χ1v) is 8.28. The van der Waals surface area contributed by atoms with Crippen molar-refractivity contribution in [2.45, 2.75) is 44.9 Å². The predicted octanol–water partition coefficient (Wildman–Crippen LogP) is 2.92. The van der Waals surface area contributed by atoms with E-state index in [1.54, 1.807) is 12.1 Å². The highest BCUT2D eigenvalue weighted by atomic mass is 19.1. The number of nitrogens with zero attached hydrogens (tertiary/aromatic N) is 3. The highest BCUT2D eigenvalue weighted by molar-refractivity contribution is 5.18. The summed E-state index contributed by atoms with van der Waals surface area (Å²) < 4.78 is 15.0. The van der Waals surface area contributed by atoms with Gasteiger partial charge in [-0.2, -0.15) is 5.10 Å². The van der Waals surface area contributed by atoms with Crippen LogP contribution in [-0.4, -0.2) is 38.9 Å². The molecule has 5 heteroatoms. The quantitative estimate of drug-likeness (QED) is 0.922. The van der Waals surface area contributed by atoms with Crippen molar-refractivity contribution in [1.82, 2.24) is 14.7 Å². The Balaban J connectivity index is 1.64. The van der Waals surface area contributed by atoms with E-state index in [0.29, 0.717) is 12.6 Å². The molecule has 1 aromatic heterocycles. The number of aromatic nitrogens is 2. The molecule has 0 aliphatic carbocycles. The lowest BCUT2D eigenvalue weighted by Gasteiger charge is -2.37. The Morgan fingerprint density at radius 3 is 2.78 bits per heavy atom. The molecule has 3 rings (SSSR count). The van der Waals surface area contributed by atoms with Crippen LogP contribution in [0, 0.1) is 12.7 Å². The Labute approximate surface area is 136 Å². The van der Waals surface area contributed by atoms with Crippen molar-refractivity contribution < 1.29 is 9.50 Å². The summed E-state index contributed by atoms with van der Waals surface area (Å²) in [4.78, 5) is 2.34. The maximum Gasteiger partial charge on any atom is 0.123 e. The van der Waals surface area contributed by atoms with Crippen LogP contribution in [0.4, 0.5) is 4.39 Å². The molecule has 124 valence electrons. The van der Waals surface area contributed by atoms with Gasteiger partial charge in [-0.3, -0.25) is 9.58 Å². The van der Waals surface area contributed by atoms with Gasteiger partial charge in [0.2, 0.25) is 0 Å². The maximum atomic E-state index is 13.0. The minimum absolute atomic E-state index is 0.272. The Bertz CT molecular complexity index is 625. The highest BCUT2D eigenvalue weighted by Crippen LogP contribution is 2.23. The van der Waals surface area contributed by atoms with E-state index < -0.39 is 6.10 Å². The molecule has 0 spiro atoms. The van der Waals surface area contributed by atoms with Crippen LogP contribution in [0.2, 0.25) is 0 Å². The molecule has 4 nitrogen and oxygen atoms in total. The second-order valence-corrected chi connectivity index (χ2v) is 6.45. The molecule has 1 aromatic carbocycles. The van der Waals surface area contributed by atoms with Crippen LogP contribution in [0.5, 0.6) is 0 Å². The van der Waals surface area contributed by atoms with Crippen LogP contribution in [0.3, 0.4) is 0 Å². The van der Waals surface area contributed by atoms with Gasteiger partial charge in [-0.05, 0) is 49.6 Å². The van der Waals surface area contributed by atoms with Crippen molar-refractivity contribution >= 4 is 0 Å². The van der Waals surface area contributed by atoms with Gasteiger partial charge in [-0.25, -0.2) is 4.39 Å². The molecular formula is C18H24FN3O. The summed E-state index contributed by atoms with van der Waals surface area (Å²) in [5, 5.41) is 14.8. The number of piperidine rings is 1. The summed E-state index contributed by atoms with van der Waals surface area (Å²) in [6.45, 7) is 4.46. The van der Waals surface area contributed by atoms with E-state index in [0.717, 1.165) is 31.5 Å². The van der Waals surface area contributed by atoms with E-state index in [1.807, 2.05) is 17.8 Å². The molecule has 1 aliphatic rings. The second-order valence-electron chi connectivity index (χ2n) is 6.45. The molecule has 2 atom stereocenters. The van der Waals surface area contributed by atoms with E-state index >= 15 is 0 Å². The molecule has 2 aromatic rings. The number of β-amino-alcohol motifs (C(OH)–C–C–N with tert-alkyl or cyclic N) is 1. The van der Waals surface area contributed by atoms with E-state index in [9.17, 15) is 9.50 Å². The lowest BCUT2D eigenvalue weighted by molar-refractivity contribution is 0.0591. The summed E-state index contributed by atoms with van der Waals surface area (Å²) in [7, 11) is 0. The summed E-state index contributed by atoms with van der Waals surface area (Å²) in [5.41, 5.74) is 1.93. The highest BCUT2D eigenvalue weighted by Gasteiger charge is 2.25. The Hall–Kier alpha value is -1.72. The largest absolute Gasteiger partial charge is 0.387 e. The molecule has 2 heterocycles. The van der Waals surface area contributed by atoms with Crippen molar-refractivity contribution in [1.29, 1.82) is 0 Å². The standard InChI is InChI=1S/C18H24FN3O/c1-14-10-20-22(11-14)12-17-4-2-3-9-21(17)13-18(23)15-5-7-16(19)8-6-15/h5-8,10-11,17-18,23H,2-4,9,12-13H2,1H3/t17-,18-/m1/s1. The smallest absolute Gasteiger partial charge is 0.123 e. The van der Waals surface area contributed by atoms with Crippen LogP contribution < -0.4 is 0 Å². The van der Waals surface area contributed by atoms with Crippen molar-refractivity contribution in [3.63, 3.8) is 0 Å². The molecular weight excluding hydrogens is 293 g/mol. The number of rotatable bonds is 5. The van der Waals surface area contributed by atoms with Crippen LogP contribution in [0.15, 0.2) is 36.7 Å². The van der Waals surface area contributed by atoms with E-state index in [-0.39, 0.29) is 5.82 Å². The molecule has 0 bridgehead atoms.